The molecule has 12 heavy (non-hydrogen) atoms. The molecule has 0 unspecified atom stereocenters. The number of hydrogen-bond acceptors (Lipinski definition) is 2. The molecule has 0 heterocycles. The summed E-state index contributed by atoms with van der Waals surface area (Å²) in [6, 6.07) is 9.83. The number of nitrogens with one attached hydrogen (secondary N) is 1. The van der Waals surface area contributed by atoms with Gasteiger partial charge in [-0.2, -0.15) is 0 Å². The predicted octanol–water partition coefficient (Wildman–Crippen LogP) is 2.27. The van der Waals surface area contributed by atoms with Crippen LogP contribution in [0.5, 0.6) is 0 Å². The highest BCUT2D eigenvalue weighted by molar-refractivity contribution is 5.85. The molecule has 0 amide bonds. The van der Waals surface area contributed by atoms with Crippen molar-refractivity contribution in [3.63, 3.8) is 0 Å². The fraction of sp³-hybridized carbons (Fsp3) is 0.222. The van der Waals surface area contributed by atoms with Crippen molar-refractivity contribution in [2.24, 2.45) is 0 Å². The minimum Gasteiger partial charge on any atom is -0.484 e. The van der Waals surface area contributed by atoms with E-state index in [1.165, 1.54) is 7.11 Å². The second kappa shape index (κ2) is 5.61. The van der Waals surface area contributed by atoms with Crippen molar-refractivity contribution in [1.29, 1.82) is 5.41 Å². The smallest absolute Gasteiger partial charge is 0.184 e. The van der Waals surface area contributed by atoms with Gasteiger partial charge in [-0.05, 0) is 5.56 Å². The molecule has 0 aliphatic rings. The van der Waals surface area contributed by atoms with E-state index in [1.54, 1.807) is 0 Å². The highest BCUT2D eigenvalue weighted by atomic mass is 35.5. The van der Waals surface area contributed by atoms with Crippen LogP contribution in [0.15, 0.2) is 30.3 Å². The molecule has 0 spiro atoms. The van der Waals surface area contributed by atoms with Crippen molar-refractivity contribution in [3.8, 4) is 0 Å². The first-order valence-corrected chi connectivity index (χ1v) is 3.48. The van der Waals surface area contributed by atoms with Gasteiger partial charge in [0.25, 0.3) is 0 Å². The first-order chi connectivity index (χ1) is 5.33. The SMILES string of the molecule is COC(=N)Cc1ccccc1.Cl. The van der Waals surface area contributed by atoms with Crippen molar-refractivity contribution >= 4 is 18.3 Å². The van der Waals surface area contributed by atoms with E-state index in [9.17, 15) is 0 Å². The molecule has 0 aliphatic carbocycles. The van der Waals surface area contributed by atoms with Crippen molar-refractivity contribution in [2.75, 3.05) is 7.11 Å². The van der Waals surface area contributed by atoms with Crippen LogP contribution in [0.1, 0.15) is 5.56 Å². The van der Waals surface area contributed by atoms with Crippen LogP contribution in [0.3, 0.4) is 0 Å². The molecule has 0 atom stereocenters. The van der Waals surface area contributed by atoms with Crippen molar-refractivity contribution in [3.05, 3.63) is 35.9 Å². The number of halogens is 1. The summed E-state index contributed by atoms with van der Waals surface area (Å²) >= 11 is 0. The summed E-state index contributed by atoms with van der Waals surface area (Å²) in [4.78, 5) is 0. The van der Waals surface area contributed by atoms with Crippen LogP contribution in [0, 0.1) is 5.41 Å². The van der Waals surface area contributed by atoms with Crippen molar-refractivity contribution < 1.29 is 4.74 Å². The summed E-state index contributed by atoms with van der Waals surface area (Å²) in [5.41, 5.74) is 1.11. The number of ether oxygens (including phenoxy) is 1. The van der Waals surface area contributed by atoms with Gasteiger partial charge in [0, 0.05) is 6.42 Å². The zero-order valence-corrected chi connectivity index (χ0v) is 7.73. The number of methoxy groups -OCH3 is 1. The Morgan fingerprint density at radius 2 is 1.92 bits per heavy atom. The van der Waals surface area contributed by atoms with E-state index in [-0.39, 0.29) is 12.4 Å². The minimum atomic E-state index is 0. The summed E-state index contributed by atoms with van der Waals surface area (Å²) in [7, 11) is 1.52. The van der Waals surface area contributed by atoms with Crippen LogP contribution in [0.2, 0.25) is 0 Å². The lowest BCUT2D eigenvalue weighted by Crippen LogP contribution is -2.02. The maximum Gasteiger partial charge on any atom is 0.184 e. The lowest BCUT2D eigenvalue weighted by molar-refractivity contribution is 0.390. The Balaban J connectivity index is 0.00000121. The Bertz CT molecular complexity index is 236. The summed E-state index contributed by atoms with van der Waals surface area (Å²) in [5, 5.41) is 7.25. The van der Waals surface area contributed by atoms with Gasteiger partial charge < -0.3 is 4.74 Å². The van der Waals surface area contributed by atoms with E-state index in [1.807, 2.05) is 30.3 Å². The Morgan fingerprint density at radius 3 is 2.42 bits per heavy atom. The zero-order valence-electron chi connectivity index (χ0n) is 6.91. The molecule has 0 saturated heterocycles. The van der Waals surface area contributed by atoms with Crippen LogP contribution in [0.25, 0.3) is 0 Å². The number of hydrogen-bond donors (Lipinski definition) is 1. The molecule has 0 fully saturated rings. The predicted molar refractivity (Wildman–Crippen MR) is 52.1 cm³/mol. The topological polar surface area (TPSA) is 33.1 Å². The summed E-state index contributed by atoms with van der Waals surface area (Å²) in [6.45, 7) is 0. The molecule has 0 saturated carbocycles. The molecule has 1 aromatic rings. The highest BCUT2D eigenvalue weighted by Gasteiger charge is 1.95. The molecule has 0 aliphatic heterocycles. The average Bonchev–Trinajstić information content (AvgIpc) is 2.06. The lowest BCUT2D eigenvalue weighted by Gasteiger charge is -2.00. The maximum absolute atomic E-state index is 7.25. The molecular weight excluding hydrogens is 174 g/mol. The zero-order chi connectivity index (χ0) is 8.10. The van der Waals surface area contributed by atoms with Gasteiger partial charge in [-0.15, -0.1) is 12.4 Å². The maximum atomic E-state index is 7.25. The minimum absolute atomic E-state index is 0. The van der Waals surface area contributed by atoms with Crippen LogP contribution in [-0.4, -0.2) is 13.0 Å². The molecule has 0 aromatic heterocycles. The summed E-state index contributed by atoms with van der Waals surface area (Å²) in [5.74, 6) is 0.302. The first-order valence-electron chi connectivity index (χ1n) is 3.48. The van der Waals surface area contributed by atoms with Gasteiger partial charge in [0.2, 0.25) is 0 Å². The van der Waals surface area contributed by atoms with Crippen LogP contribution < -0.4 is 0 Å². The molecule has 0 radical (unpaired) electrons. The highest BCUT2D eigenvalue weighted by Crippen LogP contribution is 1.99. The van der Waals surface area contributed by atoms with Gasteiger partial charge in [0.1, 0.15) is 0 Å². The van der Waals surface area contributed by atoms with E-state index >= 15 is 0 Å². The van der Waals surface area contributed by atoms with Crippen molar-refractivity contribution in [2.45, 2.75) is 6.42 Å². The van der Waals surface area contributed by atoms with Gasteiger partial charge in [0.15, 0.2) is 5.90 Å². The molecule has 1 rings (SSSR count). The molecule has 2 nitrogen and oxygen atoms in total. The van der Waals surface area contributed by atoms with Crippen LogP contribution in [0.4, 0.5) is 0 Å². The Labute approximate surface area is 78.5 Å². The number of rotatable bonds is 2. The Hall–Kier alpha value is -1.02. The van der Waals surface area contributed by atoms with E-state index in [0.717, 1.165) is 5.56 Å². The Morgan fingerprint density at radius 1 is 1.33 bits per heavy atom. The van der Waals surface area contributed by atoms with E-state index < -0.39 is 0 Å². The molecule has 66 valence electrons. The van der Waals surface area contributed by atoms with E-state index in [0.29, 0.717) is 12.3 Å². The molecular formula is C9H12ClNO. The fourth-order valence-corrected chi connectivity index (χ4v) is 0.853. The lowest BCUT2D eigenvalue weighted by atomic mass is 10.1. The molecule has 3 heteroatoms. The molecule has 1 aromatic carbocycles. The van der Waals surface area contributed by atoms with Crippen LogP contribution >= 0.6 is 12.4 Å². The van der Waals surface area contributed by atoms with Gasteiger partial charge in [-0.3, -0.25) is 5.41 Å². The Kier molecular flexibility index (Phi) is 5.13. The van der Waals surface area contributed by atoms with Gasteiger partial charge >= 0.3 is 0 Å². The third-order valence-electron chi connectivity index (χ3n) is 1.45. The third kappa shape index (κ3) is 3.39. The second-order valence-corrected chi connectivity index (χ2v) is 2.29. The fourth-order valence-electron chi connectivity index (χ4n) is 0.853. The normalized spacial score (nSPS) is 8.42. The van der Waals surface area contributed by atoms with Crippen LogP contribution in [-0.2, 0) is 11.2 Å². The number of benzene rings is 1. The van der Waals surface area contributed by atoms with E-state index in [4.69, 9.17) is 10.1 Å². The first kappa shape index (κ1) is 11.0. The summed E-state index contributed by atoms with van der Waals surface area (Å²) < 4.78 is 4.74. The third-order valence-corrected chi connectivity index (χ3v) is 1.45. The quantitative estimate of drug-likeness (QED) is 0.557. The largest absolute Gasteiger partial charge is 0.484 e. The summed E-state index contributed by atoms with van der Waals surface area (Å²) in [6.07, 6.45) is 0.581. The van der Waals surface area contributed by atoms with Gasteiger partial charge in [-0.1, -0.05) is 30.3 Å². The van der Waals surface area contributed by atoms with Gasteiger partial charge in [-0.25, -0.2) is 0 Å². The van der Waals surface area contributed by atoms with Crippen molar-refractivity contribution in [1.82, 2.24) is 0 Å². The molecule has 0 bridgehead atoms. The standard InChI is InChI=1S/C9H11NO.ClH/c1-11-9(10)7-8-5-3-2-4-6-8;/h2-6,10H,7H2,1H3;1H. The average molecular weight is 186 g/mol. The van der Waals surface area contributed by atoms with E-state index in [2.05, 4.69) is 0 Å². The second-order valence-electron chi connectivity index (χ2n) is 2.29. The monoisotopic (exact) mass is 185 g/mol. The molecule has 1 N–H and O–H groups in total. The van der Waals surface area contributed by atoms with Gasteiger partial charge in [0.05, 0.1) is 7.11 Å².